The summed E-state index contributed by atoms with van der Waals surface area (Å²) in [6, 6.07) is 6.06. The Hall–Kier alpha value is -0.580. The summed E-state index contributed by atoms with van der Waals surface area (Å²) in [5.74, 6) is 0.585. The van der Waals surface area contributed by atoms with E-state index in [-0.39, 0.29) is 6.61 Å². The lowest BCUT2D eigenvalue weighted by Gasteiger charge is -2.35. The van der Waals surface area contributed by atoms with Crippen molar-refractivity contribution >= 4 is 21.6 Å². The first-order valence-electron chi connectivity index (χ1n) is 6.95. The van der Waals surface area contributed by atoms with E-state index >= 15 is 0 Å². The third-order valence-electron chi connectivity index (χ3n) is 3.85. The molecule has 0 spiro atoms. The van der Waals surface area contributed by atoms with Gasteiger partial charge in [-0.2, -0.15) is 0 Å². The number of rotatable bonds is 4. The summed E-state index contributed by atoms with van der Waals surface area (Å²) in [4.78, 5) is 2.37. The summed E-state index contributed by atoms with van der Waals surface area (Å²) in [5, 5.41) is 18.7. The van der Waals surface area contributed by atoms with Crippen LogP contribution in [0.15, 0.2) is 22.7 Å². The summed E-state index contributed by atoms with van der Waals surface area (Å²) >= 11 is 3.61. The highest BCUT2D eigenvalue weighted by Gasteiger charge is 2.21. The van der Waals surface area contributed by atoms with E-state index < -0.39 is 6.10 Å². The van der Waals surface area contributed by atoms with Gasteiger partial charge in [-0.25, -0.2) is 0 Å². The minimum absolute atomic E-state index is 0.278. The fourth-order valence-electron chi connectivity index (χ4n) is 2.74. The molecule has 0 aromatic heterocycles. The second-order valence-electron chi connectivity index (χ2n) is 5.35. The van der Waals surface area contributed by atoms with Crippen molar-refractivity contribution in [1.82, 2.24) is 0 Å². The number of benzene rings is 1. The number of anilines is 1. The van der Waals surface area contributed by atoms with Gasteiger partial charge in [0.1, 0.15) is 0 Å². The fourth-order valence-corrected chi connectivity index (χ4v) is 3.39. The molecule has 1 heterocycles. The zero-order chi connectivity index (χ0) is 13.8. The van der Waals surface area contributed by atoms with Gasteiger partial charge in [0.15, 0.2) is 0 Å². The second kappa shape index (κ2) is 6.73. The first-order chi connectivity index (χ1) is 9.11. The van der Waals surface area contributed by atoms with Gasteiger partial charge in [-0.3, -0.25) is 0 Å². The molecule has 1 aromatic rings. The Morgan fingerprint density at radius 1 is 1.47 bits per heavy atom. The number of hydrogen-bond donors (Lipinski definition) is 2. The van der Waals surface area contributed by atoms with Crippen LogP contribution >= 0.6 is 15.9 Å². The van der Waals surface area contributed by atoms with Crippen LogP contribution in [0.1, 0.15) is 37.9 Å². The third-order valence-corrected chi connectivity index (χ3v) is 4.49. The molecule has 1 saturated heterocycles. The van der Waals surface area contributed by atoms with E-state index in [1.807, 2.05) is 12.1 Å². The summed E-state index contributed by atoms with van der Waals surface area (Å²) < 4.78 is 1.04. The molecule has 1 aliphatic rings. The van der Waals surface area contributed by atoms with Crippen molar-refractivity contribution < 1.29 is 10.2 Å². The van der Waals surface area contributed by atoms with Crippen LogP contribution in [0.3, 0.4) is 0 Å². The Kier molecular flexibility index (Phi) is 5.25. The minimum Gasteiger partial charge on any atom is -0.396 e. The smallest absolute Gasteiger partial charge is 0.0762 e. The Morgan fingerprint density at radius 3 is 2.89 bits per heavy atom. The number of hydrogen-bond acceptors (Lipinski definition) is 3. The van der Waals surface area contributed by atoms with Crippen LogP contribution in [0.5, 0.6) is 0 Å². The first-order valence-corrected chi connectivity index (χ1v) is 7.74. The lowest BCUT2D eigenvalue weighted by atomic mass is 9.94. The van der Waals surface area contributed by atoms with E-state index in [4.69, 9.17) is 5.11 Å². The van der Waals surface area contributed by atoms with E-state index in [1.54, 1.807) is 6.92 Å². The topological polar surface area (TPSA) is 43.7 Å². The monoisotopic (exact) mass is 327 g/mol. The zero-order valence-electron chi connectivity index (χ0n) is 11.3. The molecule has 2 N–H and O–H groups in total. The van der Waals surface area contributed by atoms with E-state index in [9.17, 15) is 5.11 Å². The van der Waals surface area contributed by atoms with Crippen LogP contribution < -0.4 is 4.90 Å². The molecule has 1 unspecified atom stereocenters. The highest BCUT2D eigenvalue weighted by molar-refractivity contribution is 9.10. The van der Waals surface area contributed by atoms with E-state index in [1.165, 1.54) is 18.5 Å². The summed E-state index contributed by atoms with van der Waals surface area (Å²) in [6.45, 7) is 4.13. The van der Waals surface area contributed by atoms with Crippen molar-refractivity contribution in [3.63, 3.8) is 0 Å². The molecule has 19 heavy (non-hydrogen) atoms. The molecular weight excluding hydrogens is 306 g/mol. The van der Waals surface area contributed by atoms with Crippen LogP contribution in [0.4, 0.5) is 5.69 Å². The van der Waals surface area contributed by atoms with Crippen molar-refractivity contribution in [3.8, 4) is 0 Å². The molecule has 2 atom stereocenters. The average Bonchev–Trinajstić information content (AvgIpc) is 2.39. The van der Waals surface area contributed by atoms with Gasteiger partial charge in [-0.15, -0.1) is 0 Å². The molecule has 2 rings (SSSR count). The van der Waals surface area contributed by atoms with E-state index in [0.29, 0.717) is 5.92 Å². The van der Waals surface area contributed by atoms with Gasteiger partial charge >= 0.3 is 0 Å². The molecule has 3 nitrogen and oxygen atoms in total. The quantitative estimate of drug-likeness (QED) is 0.893. The van der Waals surface area contributed by atoms with Crippen molar-refractivity contribution in [1.29, 1.82) is 0 Å². The molecule has 106 valence electrons. The van der Waals surface area contributed by atoms with Gasteiger partial charge < -0.3 is 15.1 Å². The van der Waals surface area contributed by atoms with E-state index in [0.717, 1.165) is 29.5 Å². The Morgan fingerprint density at radius 2 is 2.26 bits per heavy atom. The first kappa shape index (κ1) is 14.8. The lowest BCUT2D eigenvalue weighted by Crippen LogP contribution is -2.36. The Balaban J connectivity index is 2.12. The zero-order valence-corrected chi connectivity index (χ0v) is 12.9. The number of aliphatic hydroxyl groups is 2. The van der Waals surface area contributed by atoms with Crippen molar-refractivity contribution in [2.75, 3.05) is 24.6 Å². The maximum Gasteiger partial charge on any atom is 0.0762 e. The van der Waals surface area contributed by atoms with Crippen LogP contribution in [0.25, 0.3) is 0 Å². The average molecular weight is 328 g/mol. The molecule has 1 aliphatic heterocycles. The SMILES string of the molecule is C[C@H](O)c1ccc(N2CCCC(CCO)C2)c(Br)c1. The summed E-state index contributed by atoms with van der Waals surface area (Å²) in [7, 11) is 0. The standard InChI is InChI=1S/C15H22BrNO2/c1-11(19)13-4-5-15(14(16)9-13)17-7-2-3-12(10-17)6-8-18/h4-5,9,11-12,18-19H,2-3,6-8,10H2,1H3/t11-,12?/m0/s1. The molecule has 0 aliphatic carbocycles. The van der Waals surface area contributed by atoms with Gasteiger partial charge in [0.2, 0.25) is 0 Å². The maximum absolute atomic E-state index is 9.60. The largest absolute Gasteiger partial charge is 0.396 e. The Labute approximate surface area is 123 Å². The molecule has 1 aromatic carbocycles. The van der Waals surface area contributed by atoms with Gasteiger partial charge in [0.25, 0.3) is 0 Å². The maximum atomic E-state index is 9.60. The Bertz CT molecular complexity index is 421. The summed E-state index contributed by atoms with van der Waals surface area (Å²) in [6.07, 6.45) is 2.84. The lowest BCUT2D eigenvalue weighted by molar-refractivity contribution is 0.199. The van der Waals surface area contributed by atoms with Crippen molar-refractivity contribution in [2.45, 2.75) is 32.3 Å². The molecular formula is C15H22BrNO2. The highest BCUT2D eigenvalue weighted by atomic mass is 79.9. The normalized spacial score (nSPS) is 21.5. The minimum atomic E-state index is -0.436. The number of aliphatic hydroxyl groups excluding tert-OH is 2. The van der Waals surface area contributed by atoms with E-state index in [2.05, 4.69) is 26.9 Å². The van der Waals surface area contributed by atoms with Crippen molar-refractivity contribution in [3.05, 3.63) is 28.2 Å². The van der Waals surface area contributed by atoms with Gasteiger partial charge in [0.05, 0.1) is 11.8 Å². The number of nitrogens with zero attached hydrogens (tertiary/aromatic N) is 1. The van der Waals surface area contributed by atoms with Crippen molar-refractivity contribution in [2.24, 2.45) is 5.92 Å². The molecule has 1 fully saturated rings. The second-order valence-corrected chi connectivity index (χ2v) is 6.21. The number of piperidine rings is 1. The third kappa shape index (κ3) is 3.71. The molecule has 4 heteroatoms. The molecule has 0 saturated carbocycles. The van der Waals surface area contributed by atoms with Crippen LogP contribution in [-0.4, -0.2) is 29.9 Å². The highest BCUT2D eigenvalue weighted by Crippen LogP contribution is 2.32. The van der Waals surface area contributed by atoms with Gasteiger partial charge in [0, 0.05) is 24.2 Å². The van der Waals surface area contributed by atoms with Gasteiger partial charge in [-0.1, -0.05) is 6.07 Å². The van der Waals surface area contributed by atoms with Gasteiger partial charge in [-0.05, 0) is 65.7 Å². The van der Waals surface area contributed by atoms with Crippen LogP contribution in [0.2, 0.25) is 0 Å². The predicted molar refractivity (Wildman–Crippen MR) is 81.4 cm³/mol. The van der Waals surface area contributed by atoms with Crippen LogP contribution in [0, 0.1) is 5.92 Å². The summed E-state index contributed by atoms with van der Waals surface area (Å²) in [5.41, 5.74) is 2.12. The molecule has 0 radical (unpaired) electrons. The van der Waals surface area contributed by atoms with Crippen LogP contribution in [-0.2, 0) is 0 Å². The molecule has 0 amide bonds. The molecule has 0 bridgehead atoms. The fraction of sp³-hybridized carbons (Fsp3) is 0.600. The predicted octanol–water partition coefficient (Wildman–Crippen LogP) is 3.10. The number of halogens is 1.